The molecular formula is C17H24O2. The van der Waals surface area contributed by atoms with E-state index in [9.17, 15) is 9.59 Å². The Balaban J connectivity index is 2.43. The highest BCUT2D eigenvalue weighted by Gasteiger charge is 2.12. The molecule has 1 aromatic rings. The van der Waals surface area contributed by atoms with Crippen LogP contribution in [0.3, 0.4) is 0 Å². The van der Waals surface area contributed by atoms with Crippen molar-refractivity contribution in [2.75, 3.05) is 0 Å². The molecule has 0 aromatic heterocycles. The Kier molecular flexibility index (Phi) is 7.09. The number of hydrogen-bond donors (Lipinski definition) is 0. The third-order valence-electron chi connectivity index (χ3n) is 3.36. The number of rotatable bonds is 9. The predicted octanol–water partition coefficient (Wildman–Crippen LogP) is 4.82. The second-order valence-electron chi connectivity index (χ2n) is 5.04. The molecule has 0 saturated carbocycles. The maximum atomic E-state index is 12.1. The maximum absolute atomic E-state index is 12.1. The molecule has 0 atom stereocenters. The Morgan fingerprint density at radius 1 is 0.895 bits per heavy atom. The van der Waals surface area contributed by atoms with Crippen LogP contribution in [0.25, 0.3) is 0 Å². The molecule has 0 unspecified atom stereocenters. The predicted molar refractivity (Wildman–Crippen MR) is 78.8 cm³/mol. The lowest BCUT2D eigenvalue weighted by Gasteiger charge is -2.06. The van der Waals surface area contributed by atoms with E-state index in [1.54, 1.807) is 18.2 Å². The van der Waals surface area contributed by atoms with E-state index in [0.717, 1.165) is 12.8 Å². The zero-order valence-electron chi connectivity index (χ0n) is 12.1. The van der Waals surface area contributed by atoms with Crippen molar-refractivity contribution in [3.8, 4) is 0 Å². The lowest BCUT2D eigenvalue weighted by molar-refractivity contribution is 0.0959. The number of benzene rings is 1. The smallest absolute Gasteiger partial charge is 0.163 e. The lowest BCUT2D eigenvalue weighted by atomic mass is 9.97. The van der Waals surface area contributed by atoms with Gasteiger partial charge in [-0.05, 0) is 13.3 Å². The van der Waals surface area contributed by atoms with Gasteiger partial charge in [-0.25, -0.2) is 0 Å². The van der Waals surface area contributed by atoms with Gasteiger partial charge in [-0.3, -0.25) is 9.59 Å². The molecule has 19 heavy (non-hydrogen) atoms. The summed E-state index contributed by atoms with van der Waals surface area (Å²) in [4.78, 5) is 23.6. The topological polar surface area (TPSA) is 34.1 Å². The van der Waals surface area contributed by atoms with Crippen molar-refractivity contribution in [1.82, 2.24) is 0 Å². The number of hydrogen-bond acceptors (Lipinski definition) is 2. The van der Waals surface area contributed by atoms with Gasteiger partial charge >= 0.3 is 0 Å². The zero-order chi connectivity index (χ0) is 14.1. The van der Waals surface area contributed by atoms with Crippen LogP contribution in [0.5, 0.6) is 0 Å². The Hall–Kier alpha value is -1.44. The molecule has 0 aliphatic rings. The Morgan fingerprint density at radius 2 is 1.47 bits per heavy atom. The fraction of sp³-hybridized carbons (Fsp3) is 0.529. The van der Waals surface area contributed by atoms with Gasteiger partial charge in [0.25, 0.3) is 0 Å². The fourth-order valence-electron chi connectivity index (χ4n) is 2.23. The summed E-state index contributed by atoms with van der Waals surface area (Å²) in [5, 5.41) is 0. The van der Waals surface area contributed by atoms with Crippen LogP contribution in [-0.4, -0.2) is 11.6 Å². The molecule has 0 saturated heterocycles. The monoisotopic (exact) mass is 260 g/mol. The average molecular weight is 260 g/mol. The molecule has 2 nitrogen and oxygen atoms in total. The maximum Gasteiger partial charge on any atom is 0.163 e. The molecule has 0 heterocycles. The van der Waals surface area contributed by atoms with E-state index < -0.39 is 0 Å². The summed E-state index contributed by atoms with van der Waals surface area (Å²) in [6.45, 7) is 3.71. The summed E-state index contributed by atoms with van der Waals surface area (Å²) in [6.07, 6.45) is 7.56. The van der Waals surface area contributed by atoms with Crippen LogP contribution in [0, 0.1) is 0 Å². The summed E-state index contributed by atoms with van der Waals surface area (Å²) < 4.78 is 0. The second-order valence-corrected chi connectivity index (χ2v) is 5.04. The van der Waals surface area contributed by atoms with Crippen LogP contribution in [0.15, 0.2) is 24.3 Å². The fourth-order valence-corrected chi connectivity index (χ4v) is 2.23. The first kappa shape index (κ1) is 15.6. The minimum Gasteiger partial charge on any atom is -0.294 e. The first-order chi connectivity index (χ1) is 9.16. The van der Waals surface area contributed by atoms with Gasteiger partial charge in [-0.15, -0.1) is 0 Å². The molecule has 0 aliphatic carbocycles. The number of carbonyl (C=O) groups excluding carboxylic acids is 2. The highest BCUT2D eigenvalue weighted by Crippen LogP contribution is 2.15. The molecule has 0 fully saturated rings. The molecule has 0 amide bonds. The second kappa shape index (κ2) is 8.63. The Labute approximate surface area is 116 Å². The molecule has 1 aromatic carbocycles. The van der Waals surface area contributed by atoms with Gasteiger partial charge in [-0.2, -0.15) is 0 Å². The van der Waals surface area contributed by atoms with Crippen LogP contribution < -0.4 is 0 Å². The van der Waals surface area contributed by atoms with Crippen molar-refractivity contribution in [2.45, 2.75) is 58.8 Å². The molecule has 0 aliphatic heterocycles. The first-order valence-corrected chi connectivity index (χ1v) is 7.30. The quantitative estimate of drug-likeness (QED) is 0.471. The van der Waals surface area contributed by atoms with E-state index in [1.807, 2.05) is 6.07 Å². The van der Waals surface area contributed by atoms with Gasteiger partial charge in [-0.1, -0.05) is 63.3 Å². The van der Waals surface area contributed by atoms with Gasteiger partial charge < -0.3 is 0 Å². The van der Waals surface area contributed by atoms with Crippen molar-refractivity contribution >= 4 is 11.6 Å². The van der Waals surface area contributed by atoms with Crippen LogP contribution in [-0.2, 0) is 0 Å². The summed E-state index contributed by atoms with van der Waals surface area (Å²) in [7, 11) is 0. The van der Waals surface area contributed by atoms with Crippen molar-refractivity contribution in [3.63, 3.8) is 0 Å². The molecular weight excluding hydrogens is 236 g/mol. The van der Waals surface area contributed by atoms with E-state index in [1.165, 1.54) is 32.6 Å². The number of carbonyl (C=O) groups is 2. The highest BCUT2D eigenvalue weighted by atomic mass is 16.1. The van der Waals surface area contributed by atoms with E-state index >= 15 is 0 Å². The van der Waals surface area contributed by atoms with E-state index in [0.29, 0.717) is 17.5 Å². The molecule has 2 heteroatoms. The number of unbranched alkanes of at least 4 members (excludes halogenated alkanes) is 5. The molecule has 0 radical (unpaired) electrons. The van der Waals surface area contributed by atoms with Gasteiger partial charge in [0.15, 0.2) is 11.6 Å². The molecule has 0 spiro atoms. The Bertz CT molecular complexity index is 421. The summed E-state index contributed by atoms with van der Waals surface area (Å²) in [5.41, 5.74) is 1.14. The van der Waals surface area contributed by atoms with Crippen molar-refractivity contribution in [2.24, 2.45) is 0 Å². The van der Waals surface area contributed by atoms with Crippen molar-refractivity contribution < 1.29 is 9.59 Å². The lowest BCUT2D eigenvalue weighted by Crippen LogP contribution is -2.06. The third kappa shape index (κ3) is 5.37. The largest absolute Gasteiger partial charge is 0.294 e. The van der Waals surface area contributed by atoms with E-state index in [-0.39, 0.29) is 11.6 Å². The number of Topliss-reactive ketones (excluding diaryl/α,β-unsaturated/α-hetero) is 2. The minimum absolute atomic E-state index is 0.0353. The normalized spacial score (nSPS) is 10.4. The highest BCUT2D eigenvalue weighted by molar-refractivity contribution is 6.07. The van der Waals surface area contributed by atoms with Crippen LogP contribution in [0.1, 0.15) is 79.5 Å². The van der Waals surface area contributed by atoms with E-state index in [4.69, 9.17) is 0 Å². The van der Waals surface area contributed by atoms with E-state index in [2.05, 4.69) is 6.92 Å². The Morgan fingerprint density at radius 3 is 2.11 bits per heavy atom. The van der Waals surface area contributed by atoms with Gasteiger partial charge in [0, 0.05) is 17.5 Å². The van der Waals surface area contributed by atoms with Crippen molar-refractivity contribution in [1.29, 1.82) is 0 Å². The number of ketones is 2. The summed E-state index contributed by atoms with van der Waals surface area (Å²) >= 11 is 0. The average Bonchev–Trinajstić information content (AvgIpc) is 2.42. The van der Waals surface area contributed by atoms with Crippen molar-refractivity contribution in [3.05, 3.63) is 35.4 Å². The summed E-state index contributed by atoms with van der Waals surface area (Å²) in [6, 6.07) is 7.12. The zero-order valence-corrected chi connectivity index (χ0v) is 12.1. The van der Waals surface area contributed by atoms with Crippen LogP contribution in [0.2, 0.25) is 0 Å². The summed E-state index contributed by atoms with van der Waals surface area (Å²) in [5.74, 6) is 0.0631. The van der Waals surface area contributed by atoms with Gasteiger partial charge in [0.2, 0.25) is 0 Å². The third-order valence-corrected chi connectivity index (χ3v) is 3.36. The van der Waals surface area contributed by atoms with Crippen LogP contribution >= 0.6 is 0 Å². The molecule has 104 valence electrons. The van der Waals surface area contributed by atoms with Gasteiger partial charge in [0.1, 0.15) is 0 Å². The van der Waals surface area contributed by atoms with Gasteiger partial charge in [0.05, 0.1) is 0 Å². The standard InChI is InChI=1S/C17H24O2/c1-3-4-5-6-7-8-13-17(19)16-12-10-9-11-15(16)14(2)18/h9-12H,3-8,13H2,1-2H3. The molecule has 0 N–H and O–H groups in total. The van der Waals surface area contributed by atoms with Crippen LogP contribution in [0.4, 0.5) is 0 Å². The SMILES string of the molecule is CCCCCCCCC(=O)c1ccccc1C(C)=O. The minimum atomic E-state index is -0.0353. The molecule has 0 bridgehead atoms. The first-order valence-electron chi connectivity index (χ1n) is 7.30. The molecule has 1 rings (SSSR count).